The van der Waals surface area contributed by atoms with Gasteiger partial charge in [0.15, 0.2) is 0 Å². The standard InChI is InChI=1S/C81H125N11O16S2/c1-17-54(6)74(68(103-13)48-71(95)92-39-23-28-67(92)75(104-14)56(8)76(96)84-57(9)55(7)59-25-19-18-20-26-59)90(10)80(100)72(52(2)3)89-79(99)73(53(4)5)91(11)81(101)108-49-58-29-32-61(33-30-58)85-78(98)63(27-21-22-37-82-69(93)35-42-105-41-24-40-102-12)88-70(94)36-43-106-45-46-107-44-38-83-77(97)60-31-34-62-64(47-60)87-66(51-110-16)65(86-62)50-109-15/h18-20,25-26,29-34,47,52-57,63,67-68,72-75H,17,21-24,27-28,35-46,48-51H2,1-16H3,(H,82,93)(H,83,97)(H,84,96)(H,85,98)(H,88,94)(H,89,99)/t54-,55+,56+,57+,63-,67-,68+,72-,73-,74-,75+/m0/s1. The van der Waals surface area contributed by atoms with E-state index in [4.69, 9.17) is 43.1 Å². The Hall–Kier alpha value is -7.51. The fraction of sp³-hybridized carbons (Fsp3) is 0.642. The zero-order valence-electron chi connectivity index (χ0n) is 67.8. The van der Waals surface area contributed by atoms with Crippen LogP contribution in [0.4, 0.5) is 10.5 Å². The Bertz CT molecular complexity index is 3510. The molecule has 0 radical (unpaired) electrons. The van der Waals surface area contributed by atoms with Crippen molar-refractivity contribution in [2.45, 2.75) is 199 Å². The molecule has 5 rings (SSSR count). The topological polar surface area (TPSA) is 326 Å². The van der Waals surface area contributed by atoms with Gasteiger partial charge in [0.05, 0.1) is 92.1 Å². The molecule has 1 aliphatic heterocycles. The Morgan fingerprint density at radius 2 is 1.30 bits per heavy atom. The zero-order chi connectivity index (χ0) is 80.8. The quantitative estimate of drug-likeness (QED) is 0.0224. The number of nitrogens with one attached hydrogen (secondary N) is 6. The lowest BCUT2D eigenvalue weighted by molar-refractivity contribution is -0.148. The molecule has 27 nitrogen and oxygen atoms in total. The second-order valence-corrected chi connectivity index (χ2v) is 30.7. The predicted octanol–water partition coefficient (Wildman–Crippen LogP) is 9.32. The molecular formula is C81H125N11O16S2. The van der Waals surface area contributed by atoms with Crippen LogP contribution in [0.25, 0.3) is 11.0 Å². The van der Waals surface area contributed by atoms with E-state index in [1.807, 2.05) is 90.5 Å². The van der Waals surface area contributed by atoms with Crippen molar-refractivity contribution in [1.29, 1.82) is 0 Å². The van der Waals surface area contributed by atoms with Crippen molar-refractivity contribution < 1.29 is 76.3 Å². The number of rotatable bonds is 51. The number of likely N-dealkylation sites (tertiary alicyclic amines) is 1. The van der Waals surface area contributed by atoms with Crippen molar-refractivity contribution in [3.63, 3.8) is 0 Å². The van der Waals surface area contributed by atoms with Crippen LogP contribution in [0.2, 0.25) is 0 Å². The van der Waals surface area contributed by atoms with Crippen molar-refractivity contribution in [3.8, 4) is 0 Å². The summed E-state index contributed by atoms with van der Waals surface area (Å²) in [7, 11) is 7.84. The van der Waals surface area contributed by atoms with Gasteiger partial charge in [-0.05, 0) is 117 Å². The van der Waals surface area contributed by atoms with Gasteiger partial charge in [0.2, 0.25) is 41.4 Å². The number of unbranched alkanes of at least 4 members (excludes halogenated alkanes) is 1. The summed E-state index contributed by atoms with van der Waals surface area (Å²) in [6.45, 7) is 20.0. The van der Waals surface area contributed by atoms with Crippen molar-refractivity contribution in [1.82, 2.24) is 51.3 Å². The van der Waals surface area contributed by atoms with Gasteiger partial charge in [-0.1, -0.05) is 104 Å². The van der Waals surface area contributed by atoms with E-state index in [1.165, 1.54) is 19.1 Å². The van der Waals surface area contributed by atoms with Crippen LogP contribution in [0.1, 0.15) is 165 Å². The van der Waals surface area contributed by atoms with E-state index in [2.05, 4.69) is 38.8 Å². The summed E-state index contributed by atoms with van der Waals surface area (Å²) in [5, 5.41) is 17.7. The van der Waals surface area contributed by atoms with E-state index in [9.17, 15) is 43.2 Å². The summed E-state index contributed by atoms with van der Waals surface area (Å²) >= 11 is 3.35. The number of methoxy groups -OCH3 is 3. The number of ether oxygens (including phenoxy) is 7. The molecule has 0 bridgehead atoms. The Kier molecular flexibility index (Phi) is 42.1. The SMILES string of the molecule is CC[C@H](C)[C@@H]([C@@H](CC(=O)N1CCC[C@H]1[C@H](OC)[C@@H](C)C(=O)N[C@H](C)[C@@H](C)c1ccccc1)OC)N(C)C(=O)[C@@H](NC(=O)[C@H](C(C)C)N(C)C(=O)OCc1ccc(NC(=O)[C@H](CCCCNC(=O)CCOCCCOC)NC(=O)CCOCCOCCNC(=O)c2ccc3nc(CSC)c(CSC)nc3c2)cc1)C(C)C. The van der Waals surface area contributed by atoms with Crippen LogP contribution in [0.5, 0.6) is 0 Å². The average Bonchev–Trinajstić information content (AvgIpc) is 1.07. The summed E-state index contributed by atoms with van der Waals surface area (Å²) in [6, 6.07) is 17.7. The number of hydrogen-bond donors (Lipinski definition) is 6. The number of thioether (sulfide) groups is 2. The van der Waals surface area contributed by atoms with Crippen LogP contribution < -0.4 is 31.9 Å². The maximum Gasteiger partial charge on any atom is 0.410 e. The van der Waals surface area contributed by atoms with Gasteiger partial charge in [-0.15, -0.1) is 0 Å². The molecule has 29 heteroatoms. The third-order valence-corrected chi connectivity index (χ3v) is 21.3. The molecule has 4 aromatic rings. The van der Waals surface area contributed by atoms with Crippen LogP contribution in [-0.2, 0) is 84.8 Å². The number of fused-ring (bicyclic) bond motifs is 1. The van der Waals surface area contributed by atoms with E-state index in [0.717, 1.165) is 46.8 Å². The van der Waals surface area contributed by atoms with Crippen molar-refractivity contribution in [3.05, 3.63) is 101 Å². The molecule has 0 saturated carbocycles. The molecule has 1 fully saturated rings. The summed E-state index contributed by atoms with van der Waals surface area (Å²) in [6.07, 6.45) is 6.02. The summed E-state index contributed by atoms with van der Waals surface area (Å²) in [5.74, 6) is -2.64. The van der Waals surface area contributed by atoms with Crippen molar-refractivity contribution in [2.24, 2.45) is 23.7 Å². The molecule has 2 heterocycles. The highest BCUT2D eigenvalue weighted by Crippen LogP contribution is 2.31. The van der Waals surface area contributed by atoms with Crippen molar-refractivity contribution in [2.75, 3.05) is 119 Å². The predicted molar refractivity (Wildman–Crippen MR) is 430 cm³/mol. The van der Waals surface area contributed by atoms with Crippen LogP contribution in [0.3, 0.4) is 0 Å². The molecule has 3 aromatic carbocycles. The van der Waals surface area contributed by atoms with Gasteiger partial charge >= 0.3 is 6.09 Å². The Balaban J connectivity index is 1.13. The van der Waals surface area contributed by atoms with Gasteiger partial charge in [-0.2, -0.15) is 23.5 Å². The first-order valence-corrected chi connectivity index (χ1v) is 41.4. The normalized spacial score (nSPS) is 15.7. The molecule has 612 valence electrons. The maximum atomic E-state index is 14.9. The number of carbonyl (C=O) groups is 9. The number of anilines is 1. The number of amides is 9. The fourth-order valence-corrected chi connectivity index (χ4v) is 14.5. The molecule has 11 atom stereocenters. The zero-order valence-corrected chi connectivity index (χ0v) is 69.4. The highest BCUT2D eigenvalue weighted by atomic mass is 32.2. The lowest BCUT2D eigenvalue weighted by atomic mass is 9.89. The first-order valence-electron chi connectivity index (χ1n) is 38.6. The fourth-order valence-electron chi connectivity index (χ4n) is 13.5. The Morgan fingerprint density at radius 1 is 0.645 bits per heavy atom. The number of nitrogens with zero attached hydrogens (tertiary/aromatic N) is 5. The lowest BCUT2D eigenvalue weighted by Crippen LogP contribution is -2.60. The van der Waals surface area contributed by atoms with Gasteiger partial charge < -0.3 is 74.9 Å². The third-order valence-electron chi connectivity index (χ3n) is 20.1. The molecule has 6 N–H and O–H groups in total. The number of hydrogen-bond acceptors (Lipinski definition) is 20. The van der Waals surface area contributed by atoms with Gasteiger partial charge in [0, 0.05) is 116 Å². The molecule has 1 aliphatic rings. The Morgan fingerprint density at radius 3 is 1.93 bits per heavy atom. The average molecular weight is 1570 g/mol. The third kappa shape index (κ3) is 29.9. The minimum atomic E-state index is -1.06. The number of likely N-dealkylation sites (N-methyl/N-ethyl adjacent to an activating group) is 2. The number of carbonyl (C=O) groups excluding carboxylic acids is 9. The van der Waals surface area contributed by atoms with E-state index < -0.39 is 83.9 Å². The van der Waals surface area contributed by atoms with Crippen LogP contribution >= 0.6 is 23.5 Å². The highest BCUT2D eigenvalue weighted by Gasteiger charge is 2.44. The molecule has 1 saturated heterocycles. The molecular weight excluding hydrogens is 1450 g/mol. The molecule has 110 heavy (non-hydrogen) atoms. The van der Waals surface area contributed by atoms with Crippen LogP contribution in [0.15, 0.2) is 72.8 Å². The van der Waals surface area contributed by atoms with E-state index in [0.29, 0.717) is 74.3 Å². The van der Waals surface area contributed by atoms with Gasteiger partial charge in [0.1, 0.15) is 24.7 Å². The smallest absolute Gasteiger partial charge is 0.410 e. The van der Waals surface area contributed by atoms with Crippen molar-refractivity contribution >= 4 is 93.6 Å². The minimum absolute atomic E-state index is 0.0443. The number of benzene rings is 3. The largest absolute Gasteiger partial charge is 0.445 e. The molecule has 1 aromatic heterocycles. The Labute approximate surface area is 660 Å². The number of aromatic nitrogens is 2. The van der Waals surface area contributed by atoms with Gasteiger partial charge in [-0.3, -0.25) is 43.3 Å². The van der Waals surface area contributed by atoms with E-state index in [1.54, 1.807) is 105 Å². The van der Waals surface area contributed by atoms with Gasteiger partial charge in [-0.25, -0.2) is 14.8 Å². The minimum Gasteiger partial charge on any atom is -0.445 e. The van der Waals surface area contributed by atoms with E-state index >= 15 is 0 Å². The van der Waals surface area contributed by atoms with Gasteiger partial charge in [0.25, 0.3) is 5.91 Å². The molecule has 0 unspecified atom stereocenters. The lowest BCUT2D eigenvalue weighted by Gasteiger charge is -2.41. The monoisotopic (exact) mass is 1570 g/mol. The first-order chi connectivity index (χ1) is 52.7. The summed E-state index contributed by atoms with van der Waals surface area (Å²) in [5.41, 5.74) is 5.81. The second kappa shape index (κ2) is 49.8. The molecule has 9 amide bonds. The summed E-state index contributed by atoms with van der Waals surface area (Å²) in [4.78, 5) is 139. The molecule has 0 aliphatic carbocycles. The van der Waals surface area contributed by atoms with Crippen LogP contribution in [0, 0.1) is 23.7 Å². The molecule has 0 spiro atoms. The van der Waals surface area contributed by atoms with Crippen LogP contribution in [-0.4, -0.2) is 240 Å². The second-order valence-electron chi connectivity index (χ2n) is 28.9. The summed E-state index contributed by atoms with van der Waals surface area (Å²) < 4.78 is 39.9. The highest BCUT2D eigenvalue weighted by molar-refractivity contribution is 7.98. The maximum absolute atomic E-state index is 14.9. The van der Waals surface area contributed by atoms with E-state index in [-0.39, 0.29) is 119 Å². The first kappa shape index (κ1) is 93.1.